The summed E-state index contributed by atoms with van der Waals surface area (Å²) in [7, 11) is 0. The Bertz CT molecular complexity index is 389. The summed E-state index contributed by atoms with van der Waals surface area (Å²) in [6.45, 7) is 1.30. The van der Waals surface area contributed by atoms with Crippen molar-refractivity contribution in [1.82, 2.24) is 14.9 Å². The molecule has 7 nitrogen and oxygen atoms in total. The first-order chi connectivity index (χ1) is 7.68. The van der Waals surface area contributed by atoms with E-state index in [1.165, 1.54) is 4.68 Å². The number of nitrogen functional groups attached to an aromatic ring is 1. The first-order valence-electron chi connectivity index (χ1n) is 4.81. The van der Waals surface area contributed by atoms with Crippen LogP contribution in [0.2, 0.25) is 0 Å². The van der Waals surface area contributed by atoms with Gasteiger partial charge in [0, 0.05) is 12.5 Å². The molecule has 0 aliphatic carbocycles. The van der Waals surface area contributed by atoms with E-state index >= 15 is 0 Å². The van der Waals surface area contributed by atoms with Gasteiger partial charge in [-0.2, -0.15) is 0 Å². The number of hydrogen-bond donors (Lipinski definition) is 2. The number of hydrogen-bond acceptors (Lipinski definition) is 6. The zero-order valence-corrected chi connectivity index (χ0v) is 9.31. The van der Waals surface area contributed by atoms with Crippen LogP contribution >= 0.6 is 11.8 Å². The van der Waals surface area contributed by atoms with Crippen LogP contribution in [0.15, 0.2) is 5.16 Å². The number of ether oxygens (including phenoxy) is 1. The van der Waals surface area contributed by atoms with Crippen LogP contribution in [-0.2, 0) is 9.53 Å². The van der Waals surface area contributed by atoms with E-state index in [0.29, 0.717) is 24.2 Å². The van der Waals surface area contributed by atoms with E-state index in [-0.39, 0.29) is 11.7 Å². The monoisotopic (exact) mass is 244 g/mol. The summed E-state index contributed by atoms with van der Waals surface area (Å²) in [5, 5.41) is 16.8. The molecule has 0 bridgehead atoms. The molecular weight excluding hydrogens is 232 g/mol. The van der Waals surface area contributed by atoms with Gasteiger partial charge in [-0.25, -0.2) is 4.68 Å². The van der Waals surface area contributed by atoms with Gasteiger partial charge in [0.25, 0.3) is 0 Å². The molecule has 0 amide bonds. The van der Waals surface area contributed by atoms with Gasteiger partial charge >= 0.3 is 5.97 Å². The molecule has 1 atom stereocenters. The minimum absolute atomic E-state index is 0.0729. The maximum atomic E-state index is 10.4. The zero-order chi connectivity index (χ0) is 11.5. The average Bonchev–Trinajstić information content (AvgIpc) is 2.84. The Morgan fingerprint density at radius 3 is 3.12 bits per heavy atom. The number of nitrogens with zero attached hydrogens (tertiary/aromatic N) is 3. The number of nitrogens with two attached hydrogens (primary N) is 1. The molecule has 1 fully saturated rings. The summed E-state index contributed by atoms with van der Waals surface area (Å²) < 4.78 is 6.59. The van der Waals surface area contributed by atoms with Gasteiger partial charge in [-0.1, -0.05) is 11.8 Å². The number of aromatic nitrogens is 3. The highest BCUT2D eigenvalue weighted by Gasteiger charge is 2.24. The van der Waals surface area contributed by atoms with Gasteiger partial charge in [0.2, 0.25) is 5.16 Å². The maximum Gasteiger partial charge on any atom is 0.313 e. The summed E-state index contributed by atoms with van der Waals surface area (Å²) in [5.41, 5.74) is 0. The Kier molecular flexibility index (Phi) is 3.30. The fourth-order valence-electron chi connectivity index (χ4n) is 1.53. The second kappa shape index (κ2) is 4.71. The summed E-state index contributed by atoms with van der Waals surface area (Å²) in [5.74, 6) is 5.64. The molecule has 1 unspecified atom stereocenters. The Morgan fingerprint density at radius 2 is 2.50 bits per heavy atom. The molecule has 1 aliphatic rings. The van der Waals surface area contributed by atoms with Crippen molar-refractivity contribution < 1.29 is 14.6 Å². The van der Waals surface area contributed by atoms with Gasteiger partial charge in [0.15, 0.2) is 5.82 Å². The fourth-order valence-corrected chi connectivity index (χ4v) is 2.11. The normalized spacial score (nSPS) is 20.1. The molecule has 88 valence electrons. The lowest BCUT2D eigenvalue weighted by Crippen LogP contribution is -2.17. The number of carboxylic acid groups (broad SMARTS) is 1. The van der Waals surface area contributed by atoms with Crippen LogP contribution in [0.1, 0.15) is 18.2 Å². The largest absolute Gasteiger partial charge is 0.481 e. The van der Waals surface area contributed by atoms with E-state index in [1.807, 2.05) is 0 Å². The van der Waals surface area contributed by atoms with E-state index in [9.17, 15) is 4.79 Å². The molecule has 0 aromatic carbocycles. The van der Waals surface area contributed by atoms with Crippen molar-refractivity contribution in [2.45, 2.75) is 17.5 Å². The molecule has 1 aliphatic heterocycles. The maximum absolute atomic E-state index is 10.4. The van der Waals surface area contributed by atoms with Crippen LogP contribution < -0.4 is 5.84 Å². The van der Waals surface area contributed by atoms with Crippen LogP contribution in [0.4, 0.5) is 0 Å². The minimum atomic E-state index is -0.904. The predicted octanol–water partition coefficient (Wildman–Crippen LogP) is -0.328. The van der Waals surface area contributed by atoms with Gasteiger partial charge in [0.1, 0.15) is 0 Å². The summed E-state index contributed by atoms with van der Waals surface area (Å²) >= 11 is 1.06. The Labute approximate surface area is 95.9 Å². The second-order valence-corrected chi connectivity index (χ2v) is 4.40. The van der Waals surface area contributed by atoms with Crippen molar-refractivity contribution in [3.8, 4) is 0 Å². The fraction of sp³-hybridized carbons (Fsp3) is 0.625. The van der Waals surface area contributed by atoms with Gasteiger partial charge in [-0.15, -0.1) is 10.2 Å². The van der Waals surface area contributed by atoms with Crippen LogP contribution in [0.5, 0.6) is 0 Å². The van der Waals surface area contributed by atoms with Crippen LogP contribution in [0.3, 0.4) is 0 Å². The summed E-state index contributed by atoms with van der Waals surface area (Å²) in [6.07, 6.45) is 0.874. The SMILES string of the molecule is Nn1c(SCC(=O)O)nnc1C1CCOC1. The Balaban J connectivity index is 2.07. The van der Waals surface area contributed by atoms with Crippen molar-refractivity contribution in [3.63, 3.8) is 0 Å². The van der Waals surface area contributed by atoms with Crippen LogP contribution in [0.25, 0.3) is 0 Å². The van der Waals surface area contributed by atoms with Gasteiger partial charge in [-0.3, -0.25) is 4.79 Å². The standard InChI is InChI=1S/C8H12N4O3S/c9-12-7(5-1-2-15-3-5)10-11-8(12)16-4-6(13)14/h5H,1-4,9H2,(H,13,14). The number of carboxylic acids is 1. The molecule has 16 heavy (non-hydrogen) atoms. The van der Waals surface area contributed by atoms with Crippen molar-refractivity contribution in [1.29, 1.82) is 0 Å². The van der Waals surface area contributed by atoms with E-state index in [0.717, 1.165) is 18.2 Å². The zero-order valence-electron chi connectivity index (χ0n) is 8.50. The highest BCUT2D eigenvalue weighted by atomic mass is 32.2. The van der Waals surface area contributed by atoms with Crippen molar-refractivity contribution in [3.05, 3.63) is 5.82 Å². The third-order valence-electron chi connectivity index (χ3n) is 2.31. The number of thioether (sulfide) groups is 1. The average molecular weight is 244 g/mol. The van der Waals surface area contributed by atoms with Gasteiger partial charge < -0.3 is 15.7 Å². The van der Waals surface area contributed by atoms with Gasteiger partial charge in [0.05, 0.1) is 12.4 Å². The van der Waals surface area contributed by atoms with E-state index < -0.39 is 5.97 Å². The van der Waals surface area contributed by atoms with E-state index in [2.05, 4.69) is 10.2 Å². The Hall–Kier alpha value is -1.28. The lowest BCUT2D eigenvalue weighted by atomic mass is 10.1. The Morgan fingerprint density at radius 1 is 1.69 bits per heavy atom. The van der Waals surface area contributed by atoms with E-state index in [4.69, 9.17) is 15.7 Å². The number of carbonyl (C=O) groups is 1. The summed E-state index contributed by atoms with van der Waals surface area (Å²) in [6, 6.07) is 0. The molecule has 3 N–H and O–H groups in total. The first kappa shape index (κ1) is 11.2. The van der Waals surface area contributed by atoms with Gasteiger partial charge in [-0.05, 0) is 6.42 Å². The van der Waals surface area contributed by atoms with Crippen LogP contribution in [-0.4, -0.2) is 44.9 Å². The molecule has 0 radical (unpaired) electrons. The van der Waals surface area contributed by atoms with Crippen LogP contribution in [0, 0.1) is 0 Å². The summed E-state index contributed by atoms with van der Waals surface area (Å²) in [4.78, 5) is 10.4. The molecule has 2 rings (SSSR count). The first-order valence-corrected chi connectivity index (χ1v) is 5.79. The second-order valence-electron chi connectivity index (χ2n) is 3.45. The molecule has 2 heterocycles. The molecule has 1 saturated heterocycles. The van der Waals surface area contributed by atoms with E-state index in [1.54, 1.807) is 0 Å². The molecule has 0 spiro atoms. The van der Waals surface area contributed by atoms with Crippen molar-refractivity contribution in [2.75, 3.05) is 24.8 Å². The number of rotatable bonds is 4. The smallest absolute Gasteiger partial charge is 0.313 e. The third kappa shape index (κ3) is 2.27. The highest BCUT2D eigenvalue weighted by Crippen LogP contribution is 2.25. The van der Waals surface area contributed by atoms with Crippen molar-refractivity contribution >= 4 is 17.7 Å². The topological polar surface area (TPSA) is 103 Å². The lowest BCUT2D eigenvalue weighted by molar-refractivity contribution is -0.133. The number of aliphatic carboxylic acids is 1. The lowest BCUT2D eigenvalue weighted by Gasteiger charge is -2.06. The molecule has 1 aromatic rings. The molecule has 0 saturated carbocycles. The highest BCUT2D eigenvalue weighted by molar-refractivity contribution is 7.99. The minimum Gasteiger partial charge on any atom is -0.481 e. The van der Waals surface area contributed by atoms with Crippen molar-refractivity contribution in [2.24, 2.45) is 0 Å². The quantitative estimate of drug-likeness (QED) is 0.552. The molecule has 1 aromatic heterocycles. The predicted molar refractivity (Wildman–Crippen MR) is 56.7 cm³/mol. The third-order valence-corrected chi connectivity index (χ3v) is 3.24. The molecular formula is C8H12N4O3S. The molecule has 8 heteroatoms.